The predicted octanol–water partition coefficient (Wildman–Crippen LogP) is 0.392. The van der Waals surface area contributed by atoms with E-state index in [1.807, 2.05) is 18.2 Å². The standard InChI is InChI=1S/C6H9N3/c1-9(7)6-4-2-3-5-8-6/h2-5H,7H2,1H3. The van der Waals surface area contributed by atoms with Crippen LogP contribution >= 0.6 is 0 Å². The van der Waals surface area contributed by atoms with Crippen LogP contribution in [0.1, 0.15) is 0 Å². The molecule has 0 atom stereocenters. The van der Waals surface area contributed by atoms with E-state index in [-0.39, 0.29) is 0 Å². The molecule has 0 radical (unpaired) electrons. The van der Waals surface area contributed by atoms with E-state index >= 15 is 0 Å². The molecule has 1 rings (SSSR count). The first-order chi connectivity index (χ1) is 4.30. The van der Waals surface area contributed by atoms with Gasteiger partial charge >= 0.3 is 0 Å². The van der Waals surface area contributed by atoms with E-state index in [0.29, 0.717) is 0 Å². The number of nitrogens with zero attached hydrogens (tertiary/aromatic N) is 2. The predicted molar refractivity (Wildman–Crippen MR) is 36.8 cm³/mol. The van der Waals surface area contributed by atoms with Crippen LogP contribution in [-0.2, 0) is 0 Å². The van der Waals surface area contributed by atoms with Gasteiger partial charge in [0.1, 0.15) is 5.82 Å². The van der Waals surface area contributed by atoms with Gasteiger partial charge in [0.15, 0.2) is 0 Å². The van der Waals surface area contributed by atoms with Gasteiger partial charge in [0.25, 0.3) is 0 Å². The van der Waals surface area contributed by atoms with Crippen molar-refractivity contribution in [3.63, 3.8) is 0 Å². The monoisotopic (exact) mass is 123 g/mol. The highest BCUT2D eigenvalue weighted by atomic mass is 15.4. The van der Waals surface area contributed by atoms with Crippen LogP contribution in [0.5, 0.6) is 0 Å². The van der Waals surface area contributed by atoms with Crippen molar-refractivity contribution in [1.82, 2.24) is 4.98 Å². The Hall–Kier alpha value is -1.09. The Kier molecular flexibility index (Phi) is 1.65. The molecule has 0 aliphatic heterocycles. The van der Waals surface area contributed by atoms with Crippen LogP contribution in [-0.4, -0.2) is 12.0 Å². The molecule has 9 heavy (non-hydrogen) atoms. The van der Waals surface area contributed by atoms with Gasteiger partial charge in [-0.25, -0.2) is 10.8 Å². The fourth-order valence-electron chi connectivity index (χ4n) is 0.562. The molecule has 0 aliphatic carbocycles. The maximum atomic E-state index is 5.38. The molecule has 0 saturated heterocycles. The van der Waals surface area contributed by atoms with E-state index in [2.05, 4.69) is 4.98 Å². The average molecular weight is 123 g/mol. The zero-order valence-corrected chi connectivity index (χ0v) is 5.28. The van der Waals surface area contributed by atoms with Gasteiger partial charge in [-0.2, -0.15) is 0 Å². The third-order valence-corrected chi connectivity index (χ3v) is 1.01. The largest absolute Gasteiger partial charge is 0.298 e. The molecule has 0 amide bonds. The smallest absolute Gasteiger partial charge is 0.142 e. The fraction of sp³-hybridized carbons (Fsp3) is 0.167. The Labute approximate surface area is 54.1 Å². The lowest BCUT2D eigenvalue weighted by atomic mass is 10.5. The molecule has 1 heterocycles. The van der Waals surface area contributed by atoms with E-state index in [1.54, 1.807) is 13.2 Å². The Morgan fingerprint density at radius 2 is 2.33 bits per heavy atom. The zero-order valence-electron chi connectivity index (χ0n) is 5.28. The van der Waals surface area contributed by atoms with E-state index in [1.165, 1.54) is 5.01 Å². The highest BCUT2D eigenvalue weighted by molar-refractivity contribution is 5.33. The SMILES string of the molecule is CN(N)c1ccccn1. The van der Waals surface area contributed by atoms with E-state index in [9.17, 15) is 0 Å². The Bertz CT molecular complexity index is 171. The molecule has 0 aromatic carbocycles. The Morgan fingerprint density at radius 1 is 1.56 bits per heavy atom. The zero-order chi connectivity index (χ0) is 6.69. The van der Waals surface area contributed by atoms with Gasteiger partial charge in [0.05, 0.1) is 0 Å². The second kappa shape index (κ2) is 2.46. The third kappa shape index (κ3) is 1.40. The summed E-state index contributed by atoms with van der Waals surface area (Å²) in [4.78, 5) is 3.98. The lowest BCUT2D eigenvalue weighted by Crippen LogP contribution is -2.25. The summed E-state index contributed by atoms with van der Waals surface area (Å²) in [5.41, 5.74) is 0. The van der Waals surface area contributed by atoms with Crippen LogP contribution < -0.4 is 10.9 Å². The number of aromatic nitrogens is 1. The first kappa shape index (κ1) is 6.04. The number of hydrogen-bond acceptors (Lipinski definition) is 3. The molecule has 0 saturated carbocycles. The van der Waals surface area contributed by atoms with Crippen LogP contribution in [0.25, 0.3) is 0 Å². The van der Waals surface area contributed by atoms with Gasteiger partial charge in [-0.05, 0) is 12.1 Å². The van der Waals surface area contributed by atoms with Crippen LogP contribution in [0.2, 0.25) is 0 Å². The first-order valence-corrected chi connectivity index (χ1v) is 2.70. The second-order valence-electron chi connectivity index (χ2n) is 1.80. The van der Waals surface area contributed by atoms with E-state index in [4.69, 9.17) is 5.84 Å². The summed E-state index contributed by atoms with van der Waals surface area (Å²) in [7, 11) is 1.75. The van der Waals surface area contributed by atoms with Crippen molar-refractivity contribution >= 4 is 5.82 Å². The van der Waals surface area contributed by atoms with E-state index < -0.39 is 0 Å². The lowest BCUT2D eigenvalue weighted by molar-refractivity contribution is 0.977. The Balaban J connectivity index is 2.85. The number of nitrogens with two attached hydrogens (primary N) is 1. The molecule has 3 nitrogen and oxygen atoms in total. The molecule has 0 aliphatic rings. The van der Waals surface area contributed by atoms with Crippen LogP contribution in [0.4, 0.5) is 5.82 Å². The minimum Gasteiger partial charge on any atom is -0.298 e. The van der Waals surface area contributed by atoms with Crippen LogP contribution in [0.3, 0.4) is 0 Å². The Morgan fingerprint density at radius 3 is 2.67 bits per heavy atom. The van der Waals surface area contributed by atoms with Crippen molar-refractivity contribution < 1.29 is 0 Å². The van der Waals surface area contributed by atoms with Crippen LogP contribution in [0, 0.1) is 0 Å². The molecule has 0 bridgehead atoms. The van der Waals surface area contributed by atoms with Gasteiger partial charge in [-0.1, -0.05) is 6.07 Å². The highest BCUT2D eigenvalue weighted by Crippen LogP contribution is 2.00. The van der Waals surface area contributed by atoms with Crippen molar-refractivity contribution in [2.75, 3.05) is 12.1 Å². The number of hydrogen-bond donors (Lipinski definition) is 1. The summed E-state index contributed by atoms with van der Waals surface area (Å²) >= 11 is 0. The number of rotatable bonds is 1. The quantitative estimate of drug-likeness (QED) is 0.434. The summed E-state index contributed by atoms with van der Waals surface area (Å²) in [5, 5.41) is 1.47. The van der Waals surface area contributed by atoms with E-state index in [0.717, 1.165) is 5.82 Å². The summed E-state index contributed by atoms with van der Waals surface area (Å²) in [6.07, 6.45) is 1.71. The minimum atomic E-state index is 0.775. The lowest BCUT2D eigenvalue weighted by Gasteiger charge is -2.08. The second-order valence-corrected chi connectivity index (χ2v) is 1.80. The summed E-state index contributed by atoms with van der Waals surface area (Å²) < 4.78 is 0. The molecule has 0 unspecified atom stereocenters. The molecule has 0 fully saturated rings. The number of anilines is 1. The van der Waals surface area contributed by atoms with Crippen molar-refractivity contribution in [3.05, 3.63) is 24.4 Å². The van der Waals surface area contributed by atoms with Crippen molar-refractivity contribution in [1.29, 1.82) is 0 Å². The number of hydrazine groups is 1. The molecular weight excluding hydrogens is 114 g/mol. The van der Waals surface area contributed by atoms with Crippen LogP contribution in [0.15, 0.2) is 24.4 Å². The van der Waals surface area contributed by atoms with Gasteiger partial charge in [-0.3, -0.25) is 5.01 Å². The molecule has 48 valence electrons. The molecule has 3 heteroatoms. The third-order valence-electron chi connectivity index (χ3n) is 1.01. The molecule has 2 N–H and O–H groups in total. The van der Waals surface area contributed by atoms with Gasteiger partial charge in [-0.15, -0.1) is 0 Å². The average Bonchev–Trinajstić information content (AvgIpc) is 1.90. The van der Waals surface area contributed by atoms with Crippen molar-refractivity contribution in [3.8, 4) is 0 Å². The van der Waals surface area contributed by atoms with Gasteiger partial charge < -0.3 is 0 Å². The summed E-state index contributed by atoms with van der Waals surface area (Å²) in [6, 6.07) is 5.60. The maximum Gasteiger partial charge on any atom is 0.142 e. The van der Waals surface area contributed by atoms with Crippen molar-refractivity contribution in [2.24, 2.45) is 5.84 Å². The summed E-state index contributed by atoms with van der Waals surface area (Å²) in [6.45, 7) is 0. The highest BCUT2D eigenvalue weighted by Gasteiger charge is 1.90. The van der Waals surface area contributed by atoms with Gasteiger partial charge in [0, 0.05) is 13.2 Å². The molecule has 0 spiro atoms. The fourth-order valence-corrected chi connectivity index (χ4v) is 0.562. The topological polar surface area (TPSA) is 42.1 Å². The molecular formula is C6H9N3. The maximum absolute atomic E-state index is 5.38. The minimum absolute atomic E-state index is 0.775. The number of pyridine rings is 1. The summed E-state index contributed by atoms with van der Waals surface area (Å²) in [5.74, 6) is 6.16. The normalized spacial score (nSPS) is 9.11. The first-order valence-electron chi connectivity index (χ1n) is 2.70. The van der Waals surface area contributed by atoms with Gasteiger partial charge in [0.2, 0.25) is 0 Å². The molecule has 1 aromatic heterocycles. The van der Waals surface area contributed by atoms with Crippen molar-refractivity contribution in [2.45, 2.75) is 0 Å². The molecule has 1 aromatic rings.